The Bertz CT molecular complexity index is 2030. The molecule has 0 saturated heterocycles. The lowest BCUT2D eigenvalue weighted by atomic mass is 9.78. The summed E-state index contributed by atoms with van der Waals surface area (Å²) in [6.07, 6.45) is 1.41. The normalized spacial score (nSPS) is 13.2. The Morgan fingerprint density at radius 3 is 1.94 bits per heavy atom. The first kappa shape index (κ1) is 31.4. The van der Waals surface area contributed by atoms with Crippen LogP contribution >= 0.6 is 0 Å². The largest absolute Gasteiger partial charge is 0.460 e. The Balaban J connectivity index is 1.38. The van der Waals surface area contributed by atoms with Gasteiger partial charge in [0.25, 0.3) is 0 Å². The molecule has 1 atom stereocenters. The summed E-state index contributed by atoms with van der Waals surface area (Å²) in [6, 6.07) is 27.8. The number of aryl methyl sites for hydroxylation is 1. The summed E-state index contributed by atoms with van der Waals surface area (Å²) in [5, 5.41) is 6.35. The molecule has 8 heteroatoms. The molecule has 0 fully saturated rings. The number of rotatable bonds is 9. The second kappa shape index (κ2) is 13.4. The van der Waals surface area contributed by atoms with Gasteiger partial charge in [-0.25, -0.2) is 9.59 Å². The van der Waals surface area contributed by atoms with Gasteiger partial charge in [0.1, 0.15) is 29.6 Å². The van der Waals surface area contributed by atoms with Gasteiger partial charge in [-0.2, -0.15) is 0 Å². The molecule has 0 aliphatic carbocycles. The van der Waals surface area contributed by atoms with Gasteiger partial charge in [0, 0.05) is 29.5 Å². The maximum Gasteiger partial charge on any atom is 0.412 e. The van der Waals surface area contributed by atoms with E-state index in [0.29, 0.717) is 11.5 Å². The van der Waals surface area contributed by atoms with Crippen molar-refractivity contribution in [2.24, 2.45) is 0 Å². The number of nitrogens with one attached hydrogen (secondary N) is 1. The van der Waals surface area contributed by atoms with Crippen LogP contribution in [0, 0.1) is 0 Å². The first-order valence-electron chi connectivity index (χ1n) is 15.6. The molecule has 0 radical (unpaired) electrons. The van der Waals surface area contributed by atoms with Crippen molar-refractivity contribution < 1.29 is 33.3 Å². The van der Waals surface area contributed by atoms with E-state index >= 15 is 0 Å². The minimum atomic E-state index is -0.657. The summed E-state index contributed by atoms with van der Waals surface area (Å²) in [5.74, 6) is 1.30. The molecule has 238 valence electrons. The van der Waals surface area contributed by atoms with Gasteiger partial charge in [0.2, 0.25) is 0 Å². The smallest absolute Gasteiger partial charge is 0.412 e. The van der Waals surface area contributed by atoms with Crippen molar-refractivity contribution in [2.45, 2.75) is 39.5 Å². The van der Waals surface area contributed by atoms with Gasteiger partial charge in [0.05, 0.1) is 6.54 Å². The molecule has 5 aromatic carbocycles. The third-order valence-electron chi connectivity index (χ3n) is 8.06. The second-order valence-corrected chi connectivity index (χ2v) is 11.6. The van der Waals surface area contributed by atoms with E-state index in [9.17, 15) is 14.4 Å². The van der Waals surface area contributed by atoms with Crippen molar-refractivity contribution in [3.8, 4) is 23.0 Å². The predicted octanol–water partition coefficient (Wildman–Crippen LogP) is 8.36. The van der Waals surface area contributed by atoms with E-state index in [-0.39, 0.29) is 30.6 Å². The number of amides is 1. The Hall–Kier alpha value is -5.63. The minimum absolute atomic E-state index is 0.00663. The molecule has 1 heterocycles. The number of ether oxygens (including phenoxy) is 4. The van der Waals surface area contributed by atoms with Crippen molar-refractivity contribution in [1.82, 2.24) is 5.32 Å². The van der Waals surface area contributed by atoms with Crippen LogP contribution in [0.25, 0.3) is 21.5 Å². The first-order valence-corrected chi connectivity index (χ1v) is 15.6. The number of carbonyl (C=O) groups is 3. The lowest BCUT2D eigenvalue weighted by Crippen LogP contribution is -2.30. The molecule has 1 unspecified atom stereocenters. The average Bonchev–Trinajstić information content (AvgIpc) is 3.05. The van der Waals surface area contributed by atoms with E-state index < -0.39 is 12.1 Å². The van der Waals surface area contributed by atoms with E-state index in [1.54, 1.807) is 13.0 Å². The molecule has 5 aromatic rings. The van der Waals surface area contributed by atoms with Crippen molar-refractivity contribution in [3.05, 3.63) is 119 Å². The summed E-state index contributed by atoms with van der Waals surface area (Å²) in [4.78, 5) is 35.7. The molecular formula is C39H35NO7. The fourth-order valence-electron chi connectivity index (χ4n) is 6.02. The van der Waals surface area contributed by atoms with Crippen LogP contribution in [-0.4, -0.2) is 31.2 Å². The Kier molecular flexibility index (Phi) is 8.93. The summed E-state index contributed by atoms with van der Waals surface area (Å²) < 4.78 is 22.5. The zero-order chi connectivity index (χ0) is 33.1. The maximum absolute atomic E-state index is 12.5. The zero-order valence-corrected chi connectivity index (χ0v) is 26.6. The Morgan fingerprint density at radius 2 is 1.38 bits per heavy atom. The molecule has 1 aliphatic rings. The van der Waals surface area contributed by atoms with Gasteiger partial charge < -0.3 is 24.3 Å². The summed E-state index contributed by atoms with van der Waals surface area (Å²) in [7, 11) is 0. The van der Waals surface area contributed by atoms with Crippen molar-refractivity contribution in [2.75, 3.05) is 13.2 Å². The fraction of sp³-hybridized carbons (Fsp3) is 0.205. The molecule has 0 spiro atoms. The van der Waals surface area contributed by atoms with Crippen molar-refractivity contribution in [1.29, 1.82) is 0 Å². The minimum Gasteiger partial charge on any atom is -0.460 e. The molecule has 0 aromatic heterocycles. The first-order chi connectivity index (χ1) is 22.7. The molecular weight excluding hydrogens is 594 g/mol. The predicted molar refractivity (Wildman–Crippen MR) is 180 cm³/mol. The monoisotopic (exact) mass is 629 g/mol. The SMILES string of the molecule is C=C(C)C(=O)OCCNC(=O)Oc1ccc2c3c(ccc2c1)Oc1ccc2cc(OC(C)=O)ccc2c1C3c1ccc(CCC)cc1. The average molecular weight is 630 g/mol. The van der Waals surface area contributed by atoms with E-state index in [1.165, 1.54) is 12.5 Å². The molecule has 0 bridgehead atoms. The number of benzene rings is 5. The maximum atomic E-state index is 12.5. The number of hydrogen-bond donors (Lipinski definition) is 1. The van der Waals surface area contributed by atoms with Crippen LogP contribution in [0.4, 0.5) is 4.79 Å². The highest BCUT2D eigenvalue weighted by Gasteiger charge is 2.32. The van der Waals surface area contributed by atoms with Crippen LogP contribution < -0.4 is 19.5 Å². The summed E-state index contributed by atoms with van der Waals surface area (Å²) in [6.45, 7) is 8.76. The zero-order valence-electron chi connectivity index (χ0n) is 26.6. The highest BCUT2D eigenvalue weighted by Crippen LogP contribution is 2.52. The number of hydrogen-bond acceptors (Lipinski definition) is 7. The topological polar surface area (TPSA) is 100 Å². The van der Waals surface area contributed by atoms with Gasteiger partial charge in [-0.1, -0.05) is 68.5 Å². The van der Waals surface area contributed by atoms with Crippen LogP contribution in [0.15, 0.2) is 97.1 Å². The van der Waals surface area contributed by atoms with Crippen LogP contribution in [0.1, 0.15) is 55.4 Å². The highest BCUT2D eigenvalue weighted by atomic mass is 16.6. The Morgan fingerprint density at radius 1 is 0.787 bits per heavy atom. The second-order valence-electron chi connectivity index (χ2n) is 11.6. The fourth-order valence-corrected chi connectivity index (χ4v) is 6.02. The highest BCUT2D eigenvalue weighted by molar-refractivity contribution is 5.96. The van der Waals surface area contributed by atoms with E-state index in [2.05, 4.69) is 43.1 Å². The van der Waals surface area contributed by atoms with Crippen LogP contribution in [-0.2, 0) is 20.7 Å². The van der Waals surface area contributed by atoms with Crippen LogP contribution in [0.2, 0.25) is 0 Å². The molecule has 6 rings (SSSR count). The lowest BCUT2D eigenvalue weighted by Gasteiger charge is -2.31. The Labute approximate surface area is 272 Å². The van der Waals surface area contributed by atoms with Gasteiger partial charge in [-0.3, -0.25) is 4.79 Å². The van der Waals surface area contributed by atoms with E-state index in [0.717, 1.165) is 62.6 Å². The molecule has 8 nitrogen and oxygen atoms in total. The quantitative estimate of drug-likeness (QED) is 0.0742. The van der Waals surface area contributed by atoms with Gasteiger partial charge >= 0.3 is 18.0 Å². The van der Waals surface area contributed by atoms with Crippen LogP contribution in [0.5, 0.6) is 23.0 Å². The lowest BCUT2D eigenvalue weighted by molar-refractivity contribution is -0.138. The number of carbonyl (C=O) groups excluding carboxylic acids is 3. The third-order valence-corrected chi connectivity index (χ3v) is 8.06. The van der Waals surface area contributed by atoms with Gasteiger partial charge in [-0.05, 0) is 82.4 Å². The number of esters is 2. The molecule has 0 saturated carbocycles. The van der Waals surface area contributed by atoms with Gasteiger partial charge in [-0.15, -0.1) is 0 Å². The van der Waals surface area contributed by atoms with Crippen LogP contribution in [0.3, 0.4) is 0 Å². The standard InChI is InChI=1S/C39H35NO7/c1-5-6-25-7-9-26(10-8-25)35-36-31-15-13-29(45-24(4)41)21-27(31)11-17-33(36)47-34-18-12-28-22-30(14-16-32(28)37(34)35)46-39(43)40-19-20-44-38(42)23(2)3/h7-18,21-22,35H,2,5-6,19-20H2,1,3-4H3,(H,40,43). The van der Waals surface area contributed by atoms with E-state index in [4.69, 9.17) is 18.9 Å². The number of fused-ring (bicyclic) bond motifs is 6. The molecule has 1 amide bonds. The summed E-state index contributed by atoms with van der Waals surface area (Å²) >= 11 is 0. The molecule has 47 heavy (non-hydrogen) atoms. The summed E-state index contributed by atoms with van der Waals surface area (Å²) in [5.41, 5.74) is 4.71. The third kappa shape index (κ3) is 6.67. The van der Waals surface area contributed by atoms with Gasteiger partial charge in [0.15, 0.2) is 0 Å². The van der Waals surface area contributed by atoms with Crippen molar-refractivity contribution >= 4 is 39.6 Å². The van der Waals surface area contributed by atoms with E-state index in [1.807, 2.05) is 54.6 Å². The molecule has 1 aliphatic heterocycles. The van der Waals surface area contributed by atoms with Crippen molar-refractivity contribution in [3.63, 3.8) is 0 Å². The molecule has 1 N–H and O–H groups in total.